The number of pyridine rings is 1. The Bertz CT molecular complexity index is 1360. The van der Waals surface area contributed by atoms with Crippen LogP contribution in [0.25, 0.3) is 6.08 Å². The lowest BCUT2D eigenvalue weighted by molar-refractivity contribution is 0.0240. The number of piperazine rings is 1. The monoisotopic (exact) mass is 527 g/mol. The van der Waals surface area contributed by atoms with Crippen molar-refractivity contribution in [3.05, 3.63) is 65.5 Å². The first-order valence-corrected chi connectivity index (χ1v) is 12.8. The summed E-state index contributed by atoms with van der Waals surface area (Å²) in [5.41, 5.74) is 3.04. The second kappa shape index (κ2) is 11.8. The minimum Gasteiger partial charge on any atom is -0.444 e. The van der Waals surface area contributed by atoms with Gasteiger partial charge in [0.15, 0.2) is 0 Å². The predicted octanol–water partition coefficient (Wildman–Crippen LogP) is 5.62. The molecule has 1 fully saturated rings. The van der Waals surface area contributed by atoms with Gasteiger partial charge in [-0.15, -0.1) is 0 Å². The lowest BCUT2D eigenvalue weighted by atomic mass is 10.1. The van der Waals surface area contributed by atoms with Crippen molar-refractivity contribution >= 4 is 29.6 Å². The van der Waals surface area contributed by atoms with Crippen LogP contribution in [0.2, 0.25) is 0 Å². The smallest absolute Gasteiger partial charge is 0.410 e. The Morgan fingerprint density at radius 3 is 2.41 bits per heavy atom. The fourth-order valence-corrected chi connectivity index (χ4v) is 4.16. The number of ether oxygens (including phenoxy) is 2. The second-order valence-electron chi connectivity index (χ2n) is 10.3. The zero-order valence-electron chi connectivity index (χ0n) is 22.9. The second-order valence-corrected chi connectivity index (χ2v) is 10.3. The van der Waals surface area contributed by atoms with Crippen LogP contribution in [0.5, 0.6) is 11.6 Å². The molecule has 1 aromatic carbocycles. The van der Waals surface area contributed by atoms with E-state index in [-0.39, 0.29) is 6.09 Å². The van der Waals surface area contributed by atoms with Crippen molar-refractivity contribution in [2.75, 3.05) is 36.4 Å². The summed E-state index contributed by atoms with van der Waals surface area (Å²) in [5.74, 6) is 2.34. The van der Waals surface area contributed by atoms with Crippen molar-refractivity contribution < 1.29 is 14.3 Å². The van der Waals surface area contributed by atoms with E-state index < -0.39 is 5.60 Å². The van der Waals surface area contributed by atoms with Gasteiger partial charge in [0.1, 0.15) is 17.2 Å². The minimum atomic E-state index is -0.506. The van der Waals surface area contributed by atoms with Gasteiger partial charge < -0.3 is 24.6 Å². The van der Waals surface area contributed by atoms with Gasteiger partial charge in [0, 0.05) is 44.5 Å². The van der Waals surface area contributed by atoms with E-state index in [2.05, 4.69) is 25.2 Å². The molecule has 3 heterocycles. The first-order valence-electron chi connectivity index (χ1n) is 12.8. The van der Waals surface area contributed by atoms with Crippen LogP contribution in [0.1, 0.15) is 37.5 Å². The maximum absolute atomic E-state index is 12.3. The van der Waals surface area contributed by atoms with E-state index in [1.165, 1.54) is 6.08 Å². The molecular formula is C29H33N7O3. The standard InChI is InChI=1S/C29H33N7O3/c1-20-17-22(7-6-11-30)18-21(2)26(20)38-25-10-12-31-27(34-25)33-23-8-9-24(32-19-23)35-13-15-36(16-14-35)28(37)39-29(3,4)5/h6-10,12,17-19H,13-16H2,1-5H3,(H,31,33,34)/b7-6+. The molecule has 2 aromatic heterocycles. The highest BCUT2D eigenvalue weighted by Crippen LogP contribution is 2.30. The number of carbonyl (C=O) groups excluding carboxylic acids is 1. The average molecular weight is 528 g/mol. The Labute approximate surface area is 228 Å². The van der Waals surface area contributed by atoms with E-state index in [0.29, 0.717) is 43.8 Å². The quantitative estimate of drug-likeness (QED) is 0.408. The fourth-order valence-electron chi connectivity index (χ4n) is 4.16. The molecule has 0 spiro atoms. The van der Waals surface area contributed by atoms with Gasteiger partial charge in [-0.2, -0.15) is 10.2 Å². The number of nitrogens with zero attached hydrogens (tertiary/aromatic N) is 6. The summed E-state index contributed by atoms with van der Waals surface area (Å²) in [6, 6.07) is 11.5. The molecule has 39 heavy (non-hydrogen) atoms. The first-order chi connectivity index (χ1) is 18.6. The maximum Gasteiger partial charge on any atom is 0.410 e. The lowest BCUT2D eigenvalue weighted by Crippen LogP contribution is -2.50. The van der Waals surface area contributed by atoms with Crippen LogP contribution in [-0.4, -0.2) is 57.7 Å². The van der Waals surface area contributed by atoms with Gasteiger partial charge in [-0.25, -0.2) is 14.8 Å². The highest BCUT2D eigenvalue weighted by atomic mass is 16.6. The maximum atomic E-state index is 12.3. The van der Waals surface area contributed by atoms with E-state index >= 15 is 0 Å². The zero-order chi connectivity index (χ0) is 28.0. The first kappa shape index (κ1) is 27.4. The number of aromatic nitrogens is 3. The van der Waals surface area contributed by atoms with E-state index in [1.54, 1.807) is 29.4 Å². The van der Waals surface area contributed by atoms with Gasteiger partial charge in [0.25, 0.3) is 0 Å². The molecular weight excluding hydrogens is 494 g/mol. The van der Waals surface area contributed by atoms with Gasteiger partial charge in [-0.3, -0.25) is 0 Å². The normalized spacial score (nSPS) is 13.7. The fraction of sp³-hybridized carbons (Fsp3) is 0.345. The average Bonchev–Trinajstić information content (AvgIpc) is 2.89. The SMILES string of the molecule is Cc1cc(/C=C/C#N)cc(C)c1Oc1ccnc(Nc2ccc(N3CCN(C(=O)OC(C)(C)C)CC3)nc2)n1. The molecule has 202 valence electrons. The van der Waals surface area contributed by atoms with E-state index in [9.17, 15) is 4.79 Å². The number of carbonyl (C=O) groups is 1. The Hall–Kier alpha value is -4.65. The van der Waals surface area contributed by atoms with Crippen molar-refractivity contribution in [1.82, 2.24) is 19.9 Å². The Morgan fingerprint density at radius 1 is 1.08 bits per heavy atom. The molecule has 0 aliphatic carbocycles. The molecule has 10 heteroatoms. The van der Waals surface area contributed by atoms with Crippen LogP contribution in [-0.2, 0) is 4.74 Å². The van der Waals surface area contributed by atoms with E-state index in [1.807, 2.05) is 65.0 Å². The van der Waals surface area contributed by atoms with Gasteiger partial charge in [0.05, 0.1) is 18.0 Å². The molecule has 10 nitrogen and oxygen atoms in total. The van der Waals surface area contributed by atoms with Crippen molar-refractivity contribution in [3.8, 4) is 17.7 Å². The number of anilines is 3. The lowest BCUT2D eigenvalue weighted by Gasteiger charge is -2.36. The highest BCUT2D eigenvalue weighted by molar-refractivity contribution is 5.68. The molecule has 0 saturated carbocycles. The number of hydrogen-bond donors (Lipinski definition) is 1. The summed E-state index contributed by atoms with van der Waals surface area (Å²) in [5, 5.41) is 11.9. The summed E-state index contributed by atoms with van der Waals surface area (Å²) in [4.78, 5) is 29.6. The third kappa shape index (κ3) is 7.45. The molecule has 0 unspecified atom stereocenters. The predicted molar refractivity (Wildman–Crippen MR) is 150 cm³/mol. The molecule has 1 N–H and O–H groups in total. The van der Waals surface area contributed by atoms with Crippen molar-refractivity contribution in [2.45, 2.75) is 40.2 Å². The van der Waals surface area contributed by atoms with E-state index in [4.69, 9.17) is 14.7 Å². The third-order valence-corrected chi connectivity index (χ3v) is 5.93. The molecule has 1 saturated heterocycles. The number of nitriles is 1. The molecule has 0 radical (unpaired) electrons. The molecule has 1 aliphatic rings. The minimum absolute atomic E-state index is 0.282. The van der Waals surface area contributed by atoms with Crippen LogP contribution in [0.15, 0.2) is 48.8 Å². The largest absolute Gasteiger partial charge is 0.444 e. The molecule has 0 bridgehead atoms. The van der Waals surface area contributed by atoms with Gasteiger partial charge in [-0.1, -0.05) is 0 Å². The summed E-state index contributed by atoms with van der Waals surface area (Å²) in [6.45, 7) is 12.0. The third-order valence-electron chi connectivity index (χ3n) is 5.93. The molecule has 0 atom stereocenters. The van der Waals surface area contributed by atoms with Gasteiger partial charge in [-0.05, 0) is 81.7 Å². The number of amides is 1. The van der Waals surface area contributed by atoms with Crippen molar-refractivity contribution in [2.24, 2.45) is 0 Å². The van der Waals surface area contributed by atoms with Crippen LogP contribution in [0.4, 0.5) is 22.2 Å². The Balaban J connectivity index is 1.36. The highest BCUT2D eigenvalue weighted by Gasteiger charge is 2.26. The van der Waals surface area contributed by atoms with Crippen LogP contribution < -0.4 is 15.0 Å². The number of rotatable bonds is 6. The topological polar surface area (TPSA) is 117 Å². The van der Waals surface area contributed by atoms with Gasteiger partial charge in [0.2, 0.25) is 11.8 Å². The van der Waals surface area contributed by atoms with Crippen LogP contribution in [0.3, 0.4) is 0 Å². The summed E-state index contributed by atoms with van der Waals surface area (Å²) >= 11 is 0. The van der Waals surface area contributed by atoms with Crippen molar-refractivity contribution in [3.63, 3.8) is 0 Å². The number of hydrogen-bond acceptors (Lipinski definition) is 9. The molecule has 4 rings (SSSR count). The number of benzene rings is 1. The summed E-state index contributed by atoms with van der Waals surface area (Å²) in [7, 11) is 0. The van der Waals surface area contributed by atoms with Crippen molar-refractivity contribution in [1.29, 1.82) is 5.26 Å². The van der Waals surface area contributed by atoms with E-state index in [0.717, 1.165) is 28.2 Å². The van der Waals surface area contributed by atoms with Crippen LogP contribution in [0, 0.1) is 25.2 Å². The molecule has 1 amide bonds. The molecule has 3 aromatic rings. The number of nitrogens with one attached hydrogen (secondary N) is 1. The van der Waals surface area contributed by atoms with Crippen LogP contribution >= 0.6 is 0 Å². The molecule has 1 aliphatic heterocycles. The Kier molecular flexibility index (Phi) is 8.30. The number of allylic oxidation sites excluding steroid dienone is 1. The Morgan fingerprint density at radius 2 is 1.79 bits per heavy atom. The van der Waals surface area contributed by atoms with Gasteiger partial charge >= 0.3 is 6.09 Å². The number of aryl methyl sites for hydroxylation is 2. The summed E-state index contributed by atoms with van der Waals surface area (Å²) < 4.78 is 11.6. The zero-order valence-corrected chi connectivity index (χ0v) is 22.9. The summed E-state index contributed by atoms with van der Waals surface area (Å²) in [6.07, 6.45) is 6.29.